The van der Waals surface area contributed by atoms with Crippen LogP contribution >= 0.6 is 0 Å². The molecule has 0 aromatic rings. The Bertz CT molecular complexity index is 189. The molecular weight excluding hydrogens is 136 g/mol. The molecule has 0 radical (unpaired) electrons. The summed E-state index contributed by atoms with van der Waals surface area (Å²) in [6.45, 7) is 3.63. The van der Waals surface area contributed by atoms with E-state index in [1.807, 2.05) is 0 Å². The van der Waals surface area contributed by atoms with Crippen LogP contribution in [0.4, 0.5) is 0 Å². The van der Waals surface area contributed by atoms with Crippen molar-refractivity contribution in [1.82, 2.24) is 0 Å². The highest BCUT2D eigenvalue weighted by atomic mass is 16.1. The number of rotatable bonds is 2. The molecule has 0 amide bonds. The third kappa shape index (κ3) is 2.34. The summed E-state index contributed by atoms with van der Waals surface area (Å²) >= 11 is 0. The van der Waals surface area contributed by atoms with Gasteiger partial charge in [-0.25, -0.2) is 0 Å². The molecule has 0 unspecified atom stereocenters. The van der Waals surface area contributed by atoms with Gasteiger partial charge in [-0.2, -0.15) is 0 Å². The Balaban J connectivity index is 2.62. The van der Waals surface area contributed by atoms with Crippen molar-refractivity contribution in [2.24, 2.45) is 0 Å². The van der Waals surface area contributed by atoms with Gasteiger partial charge in [0.05, 0.1) is 0 Å². The van der Waals surface area contributed by atoms with Crippen molar-refractivity contribution >= 4 is 5.78 Å². The summed E-state index contributed by atoms with van der Waals surface area (Å²) in [5.74, 6) is 0.322. The zero-order valence-electron chi connectivity index (χ0n) is 6.81. The third-order valence-corrected chi connectivity index (χ3v) is 1.97. The van der Waals surface area contributed by atoms with Crippen LogP contribution in [0.3, 0.4) is 0 Å². The van der Waals surface area contributed by atoms with E-state index in [1.54, 1.807) is 6.08 Å². The molecule has 1 aliphatic rings. The van der Waals surface area contributed by atoms with E-state index in [2.05, 4.69) is 12.7 Å². The van der Waals surface area contributed by atoms with E-state index >= 15 is 0 Å². The predicted molar refractivity (Wildman–Crippen MR) is 46.4 cm³/mol. The minimum Gasteiger partial charge on any atom is -0.295 e. The van der Waals surface area contributed by atoms with Crippen molar-refractivity contribution in [1.29, 1.82) is 0 Å². The van der Waals surface area contributed by atoms with Gasteiger partial charge in [-0.1, -0.05) is 12.2 Å². The van der Waals surface area contributed by atoms with Crippen LogP contribution in [0.1, 0.15) is 32.1 Å². The van der Waals surface area contributed by atoms with E-state index in [1.165, 1.54) is 0 Å². The lowest BCUT2D eigenvalue weighted by molar-refractivity contribution is -0.115. The molecule has 1 heteroatoms. The second kappa shape index (κ2) is 4.12. The molecule has 0 bridgehead atoms. The molecule has 1 aliphatic carbocycles. The highest BCUT2D eigenvalue weighted by Crippen LogP contribution is 2.16. The van der Waals surface area contributed by atoms with Gasteiger partial charge in [0.2, 0.25) is 0 Å². The number of carbonyl (C=O) groups is 1. The van der Waals surface area contributed by atoms with Gasteiger partial charge in [0.25, 0.3) is 0 Å². The van der Waals surface area contributed by atoms with E-state index in [4.69, 9.17) is 0 Å². The fourth-order valence-corrected chi connectivity index (χ4v) is 1.33. The summed E-state index contributed by atoms with van der Waals surface area (Å²) in [7, 11) is 0. The maximum atomic E-state index is 11.3. The summed E-state index contributed by atoms with van der Waals surface area (Å²) in [6, 6.07) is 0. The average molecular weight is 150 g/mol. The lowest BCUT2D eigenvalue weighted by atomic mass is 10.1. The van der Waals surface area contributed by atoms with Crippen molar-refractivity contribution < 1.29 is 4.79 Å². The van der Waals surface area contributed by atoms with Crippen LogP contribution in [-0.4, -0.2) is 5.78 Å². The molecule has 0 N–H and O–H groups in total. The molecule has 0 spiro atoms. The van der Waals surface area contributed by atoms with Crippen molar-refractivity contribution in [3.8, 4) is 0 Å². The summed E-state index contributed by atoms with van der Waals surface area (Å²) < 4.78 is 0. The first kappa shape index (κ1) is 8.25. The van der Waals surface area contributed by atoms with E-state index in [9.17, 15) is 4.79 Å². The zero-order valence-corrected chi connectivity index (χ0v) is 6.81. The highest BCUT2D eigenvalue weighted by Gasteiger charge is 2.09. The average Bonchev–Trinajstić information content (AvgIpc) is 2.18. The molecule has 0 heterocycles. The van der Waals surface area contributed by atoms with Crippen LogP contribution in [0.15, 0.2) is 24.3 Å². The number of hydrogen-bond donors (Lipinski definition) is 0. The van der Waals surface area contributed by atoms with Gasteiger partial charge in [0.1, 0.15) is 0 Å². The molecule has 60 valence electrons. The molecule has 0 saturated heterocycles. The van der Waals surface area contributed by atoms with E-state index in [-0.39, 0.29) is 0 Å². The topological polar surface area (TPSA) is 17.1 Å². The monoisotopic (exact) mass is 150 g/mol. The largest absolute Gasteiger partial charge is 0.295 e. The predicted octanol–water partition coefficient (Wildman–Crippen LogP) is 2.63. The summed E-state index contributed by atoms with van der Waals surface area (Å²) in [5, 5.41) is 0. The number of carbonyl (C=O) groups excluding carboxylic acids is 1. The molecule has 0 aromatic carbocycles. The lowest BCUT2D eigenvalue weighted by Crippen LogP contribution is -1.99. The normalized spacial score (nSPS) is 18.9. The Kier molecular flexibility index (Phi) is 3.09. The maximum Gasteiger partial charge on any atom is 0.158 e. The van der Waals surface area contributed by atoms with E-state index < -0.39 is 0 Å². The van der Waals surface area contributed by atoms with Crippen molar-refractivity contribution in [2.45, 2.75) is 32.1 Å². The lowest BCUT2D eigenvalue weighted by Gasteiger charge is -1.97. The number of allylic oxidation sites excluding steroid dienone is 3. The second-order valence-corrected chi connectivity index (χ2v) is 2.89. The molecule has 0 aliphatic heterocycles. The maximum absolute atomic E-state index is 11.3. The Hall–Kier alpha value is -0.850. The fraction of sp³-hybridized carbons (Fsp3) is 0.500. The number of hydrogen-bond acceptors (Lipinski definition) is 1. The van der Waals surface area contributed by atoms with E-state index in [0.29, 0.717) is 5.78 Å². The standard InChI is InChI=1S/C10H14O/c1-2-6-9-7-4-3-5-8-10(9)11/h2,7H,1,3-6,8H2. The van der Waals surface area contributed by atoms with Crippen LogP contribution in [0.5, 0.6) is 0 Å². The van der Waals surface area contributed by atoms with Gasteiger partial charge in [0, 0.05) is 6.42 Å². The Morgan fingerprint density at radius 1 is 1.55 bits per heavy atom. The first-order valence-corrected chi connectivity index (χ1v) is 4.17. The van der Waals surface area contributed by atoms with Gasteiger partial charge in [-0.05, 0) is 31.3 Å². The fourth-order valence-electron chi connectivity index (χ4n) is 1.33. The SMILES string of the molecule is C=CCC1=CCCCCC1=O. The molecule has 0 saturated carbocycles. The summed E-state index contributed by atoms with van der Waals surface area (Å²) in [4.78, 5) is 11.3. The molecule has 1 nitrogen and oxygen atoms in total. The smallest absolute Gasteiger partial charge is 0.158 e. The van der Waals surface area contributed by atoms with E-state index in [0.717, 1.165) is 37.7 Å². The van der Waals surface area contributed by atoms with Crippen LogP contribution < -0.4 is 0 Å². The van der Waals surface area contributed by atoms with Gasteiger partial charge < -0.3 is 0 Å². The first-order chi connectivity index (χ1) is 5.34. The Morgan fingerprint density at radius 2 is 2.36 bits per heavy atom. The van der Waals surface area contributed by atoms with Crippen molar-refractivity contribution in [3.05, 3.63) is 24.3 Å². The highest BCUT2D eigenvalue weighted by molar-refractivity contribution is 5.95. The van der Waals surface area contributed by atoms with Gasteiger partial charge in [0.15, 0.2) is 5.78 Å². The van der Waals surface area contributed by atoms with Crippen LogP contribution in [0.2, 0.25) is 0 Å². The van der Waals surface area contributed by atoms with Crippen LogP contribution in [0, 0.1) is 0 Å². The van der Waals surface area contributed by atoms with Crippen molar-refractivity contribution in [3.63, 3.8) is 0 Å². The minimum absolute atomic E-state index is 0.322. The molecule has 11 heavy (non-hydrogen) atoms. The van der Waals surface area contributed by atoms with Gasteiger partial charge >= 0.3 is 0 Å². The van der Waals surface area contributed by atoms with Gasteiger partial charge in [-0.3, -0.25) is 4.79 Å². The molecular formula is C10H14O. The number of Topliss-reactive ketones (excluding diaryl/α,β-unsaturated/α-hetero) is 1. The molecule has 0 atom stereocenters. The van der Waals surface area contributed by atoms with Crippen LogP contribution in [-0.2, 0) is 4.79 Å². The van der Waals surface area contributed by atoms with Gasteiger partial charge in [-0.15, -0.1) is 6.58 Å². The van der Waals surface area contributed by atoms with Crippen LogP contribution in [0.25, 0.3) is 0 Å². The summed E-state index contributed by atoms with van der Waals surface area (Å²) in [6.07, 6.45) is 8.63. The molecule has 0 fully saturated rings. The molecule has 1 rings (SSSR count). The van der Waals surface area contributed by atoms with Crippen molar-refractivity contribution in [2.75, 3.05) is 0 Å². The first-order valence-electron chi connectivity index (χ1n) is 4.17. The molecule has 0 aromatic heterocycles. The minimum atomic E-state index is 0.322. The summed E-state index contributed by atoms with van der Waals surface area (Å²) in [5.41, 5.74) is 0.970. The quantitative estimate of drug-likeness (QED) is 0.553. The third-order valence-electron chi connectivity index (χ3n) is 1.97. The Labute approximate surface area is 67.8 Å². The second-order valence-electron chi connectivity index (χ2n) is 2.89. The Morgan fingerprint density at radius 3 is 3.09 bits per heavy atom. The zero-order chi connectivity index (χ0) is 8.10. The number of ketones is 1.